The van der Waals surface area contributed by atoms with Gasteiger partial charge in [-0.05, 0) is 5.56 Å². The Kier molecular flexibility index (Phi) is 3.15. The minimum absolute atomic E-state index is 0.196. The molecule has 54 valence electrons. The second-order valence-corrected chi connectivity index (χ2v) is 3.05. The molecule has 0 heterocycles. The van der Waals surface area contributed by atoms with Crippen molar-refractivity contribution in [1.82, 2.24) is 0 Å². The maximum Gasteiger partial charge on any atom is 0.0385 e. The van der Waals surface area contributed by atoms with Crippen LogP contribution in [0.2, 0.25) is 0 Å². The van der Waals surface area contributed by atoms with Gasteiger partial charge in [-0.1, -0.05) is 52.9 Å². The number of hydrogen-bond acceptors (Lipinski definition) is 1. The van der Waals surface area contributed by atoms with Gasteiger partial charge in [0, 0.05) is 10.5 Å². The van der Waals surface area contributed by atoms with Crippen molar-refractivity contribution in [1.29, 1.82) is 0 Å². The number of halogens is 1. The van der Waals surface area contributed by atoms with Crippen molar-refractivity contribution in [3.8, 4) is 0 Å². The first-order valence-electron chi connectivity index (χ1n) is 3.21. The van der Waals surface area contributed by atoms with Crippen LogP contribution in [0.3, 0.4) is 0 Å². The van der Waals surface area contributed by atoms with Crippen LogP contribution in [0.15, 0.2) is 30.3 Å². The van der Waals surface area contributed by atoms with Crippen LogP contribution in [-0.4, -0.2) is 4.43 Å². The summed E-state index contributed by atoms with van der Waals surface area (Å²) in [5.41, 5.74) is 7.01. The molecule has 2 heteroatoms. The smallest absolute Gasteiger partial charge is 0.0385 e. The third-order valence-electron chi connectivity index (χ3n) is 1.39. The van der Waals surface area contributed by atoms with Crippen molar-refractivity contribution >= 4 is 22.6 Å². The summed E-state index contributed by atoms with van der Waals surface area (Å²) in [6, 6.07) is 10.3. The normalized spacial score (nSPS) is 13.0. The topological polar surface area (TPSA) is 26.0 Å². The van der Waals surface area contributed by atoms with Gasteiger partial charge in [-0.3, -0.25) is 0 Å². The fourth-order valence-electron chi connectivity index (χ4n) is 0.789. The van der Waals surface area contributed by atoms with E-state index < -0.39 is 0 Å². The summed E-state index contributed by atoms with van der Waals surface area (Å²) in [7, 11) is 0. The Balaban J connectivity index is 2.75. The predicted molar refractivity (Wildman–Crippen MR) is 52.3 cm³/mol. The zero-order chi connectivity index (χ0) is 7.40. The zero-order valence-corrected chi connectivity index (χ0v) is 7.78. The van der Waals surface area contributed by atoms with E-state index in [0.717, 1.165) is 4.43 Å². The van der Waals surface area contributed by atoms with Gasteiger partial charge in [0.1, 0.15) is 0 Å². The van der Waals surface area contributed by atoms with Gasteiger partial charge in [0.25, 0.3) is 0 Å². The molecular weight excluding hydrogens is 237 g/mol. The lowest BCUT2D eigenvalue weighted by Gasteiger charge is -2.06. The van der Waals surface area contributed by atoms with Gasteiger partial charge in [-0.25, -0.2) is 0 Å². The van der Waals surface area contributed by atoms with Crippen LogP contribution in [0.4, 0.5) is 0 Å². The highest BCUT2D eigenvalue weighted by Crippen LogP contribution is 2.10. The Hall–Kier alpha value is -0.0900. The molecule has 0 aliphatic carbocycles. The average molecular weight is 247 g/mol. The van der Waals surface area contributed by atoms with E-state index in [1.165, 1.54) is 5.56 Å². The molecule has 1 atom stereocenters. The fraction of sp³-hybridized carbons (Fsp3) is 0.250. The van der Waals surface area contributed by atoms with Crippen LogP contribution < -0.4 is 5.73 Å². The largest absolute Gasteiger partial charge is 0.323 e. The second kappa shape index (κ2) is 3.93. The fourth-order valence-corrected chi connectivity index (χ4v) is 1.30. The number of hydrogen-bond donors (Lipinski definition) is 1. The lowest BCUT2D eigenvalue weighted by molar-refractivity contribution is 0.845. The molecule has 0 aliphatic heterocycles. The molecule has 10 heavy (non-hydrogen) atoms. The van der Waals surface area contributed by atoms with E-state index in [4.69, 9.17) is 5.73 Å². The highest BCUT2D eigenvalue weighted by atomic mass is 127. The van der Waals surface area contributed by atoms with E-state index in [-0.39, 0.29) is 6.04 Å². The van der Waals surface area contributed by atoms with Crippen LogP contribution in [-0.2, 0) is 0 Å². The third kappa shape index (κ3) is 1.95. The van der Waals surface area contributed by atoms with Gasteiger partial charge < -0.3 is 5.73 Å². The minimum Gasteiger partial charge on any atom is -0.323 e. The summed E-state index contributed by atoms with van der Waals surface area (Å²) >= 11 is 2.29. The summed E-state index contributed by atoms with van der Waals surface area (Å²) < 4.78 is 0.974. The van der Waals surface area contributed by atoms with Gasteiger partial charge >= 0.3 is 0 Å². The summed E-state index contributed by atoms with van der Waals surface area (Å²) in [5.74, 6) is 0. The summed E-state index contributed by atoms with van der Waals surface area (Å²) in [6.07, 6.45) is 0. The Morgan fingerprint density at radius 3 is 2.40 bits per heavy atom. The molecule has 0 amide bonds. The first-order valence-corrected chi connectivity index (χ1v) is 4.73. The van der Waals surface area contributed by atoms with E-state index in [9.17, 15) is 0 Å². The monoisotopic (exact) mass is 247 g/mol. The molecule has 0 aromatic heterocycles. The average Bonchev–Trinajstić information content (AvgIpc) is 2.05. The maximum atomic E-state index is 5.79. The molecule has 0 unspecified atom stereocenters. The Morgan fingerprint density at radius 1 is 1.30 bits per heavy atom. The van der Waals surface area contributed by atoms with Crippen molar-refractivity contribution in [3.63, 3.8) is 0 Å². The van der Waals surface area contributed by atoms with Crippen LogP contribution in [0.5, 0.6) is 0 Å². The van der Waals surface area contributed by atoms with Crippen molar-refractivity contribution in [2.24, 2.45) is 5.73 Å². The Bertz CT molecular complexity index is 186. The van der Waals surface area contributed by atoms with Gasteiger partial charge in [0.15, 0.2) is 0 Å². The Morgan fingerprint density at radius 2 is 1.90 bits per heavy atom. The van der Waals surface area contributed by atoms with E-state index in [1.807, 2.05) is 18.2 Å². The standard InChI is InChI=1S/C8H10IN/c9-6-8(10)7-4-2-1-3-5-7/h1-5,8H,6,10H2/t8-/m0/s1. The molecule has 0 saturated carbocycles. The summed E-state index contributed by atoms with van der Waals surface area (Å²) in [4.78, 5) is 0. The molecule has 0 bridgehead atoms. The quantitative estimate of drug-likeness (QED) is 0.628. The molecule has 0 aliphatic rings. The van der Waals surface area contributed by atoms with Crippen molar-refractivity contribution in [3.05, 3.63) is 35.9 Å². The van der Waals surface area contributed by atoms with Crippen LogP contribution in [0.25, 0.3) is 0 Å². The second-order valence-electron chi connectivity index (χ2n) is 2.17. The minimum atomic E-state index is 0.196. The van der Waals surface area contributed by atoms with E-state index in [0.29, 0.717) is 0 Å². The number of alkyl halides is 1. The molecule has 1 nitrogen and oxygen atoms in total. The van der Waals surface area contributed by atoms with Crippen LogP contribution >= 0.6 is 22.6 Å². The molecule has 0 fully saturated rings. The van der Waals surface area contributed by atoms with Gasteiger partial charge in [-0.2, -0.15) is 0 Å². The van der Waals surface area contributed by atoms with Gasteiger partial charge in [-0.15, -0.1) is 0 Å². The highest BCUT2D eigenvalue weighted by molar-refractivity contribution is 14.1. The maximum absolute atomic E-state index is 5.79. The molecule has 1 aromatic rings. The van der Waals surface area contributed by atoms with E-state index in [2.05, 4.69) is 34.7 Å². The zero-order valence-electron chi connectivity index (χ0n) is 5.63. The Labute approximate surface area is 74.8 Å². The predicted octanol–water partition coefficient (Wildman–Crippen LogP) is 2.12. The van der Waals surface area contributed by atoms with Crippen molar-refractivity contribution in [2.45, 2.75) is 6.04 Å². The first-order chi connectivity index (χ1) is 4.84. The highest BCUT2D eigenvalue weighted by Gasteiger charge is 2.00. The first kappa shape index (κ1) is 8.01. The lowest BCUT2D eigenvalue weighted by Crippen LogP contribution is -2.10. The number of nitrogens with two attached hydrogens (primary N) is 1. The molecule has 2 N–H and O–H groups in total. The summed E-state index contributed by atoms with van der Waals surface area (Å²) in [6.45, 7) is 0. The molecule has 1 aromatic carbocycles. The van der Waals surface area contributed by atoms with E-state index in [1.54, 1.807) is 0 Å². The van der Waals surface area contributed by atoms with Crippen molar-refractivity contribution in [2.75, 3.05) is 4.43 Å². The van der Waals surface area contributed by atoms with E-state index >= 15 is 0 Å². The van der Waals surface area contributed by atoms with Gasteiger partial charge in [0.2, 0.25) is 0 Å². The number of benzene rings is 1. The summed E-state index contributed by atoms with van der Waals surface area (Å²) in [5, 5.41) is 0. The third-order valence-corrected chi connectivity index (χ3v) is 2.34. The van der Waals surface area contributed by atoms with Crippen molar-refractivity contribution < 1.29 is 0 Å². The molecule has 0 spiro atoms. The lowest BCUT2D eigenvalue weighted by atomic mass is 10.1. The molecular formula is C8H10IN. The van der Waals surface area contributed by atoms with Crippen LogP contribution in [0, 0.1) is 0 Å². The molecule has 1 rings (SSSR count). The van der Waals surface area contributed by atoms with Crippen LogP contribution in [0.1, 0.15) is 11.6 Å². The molecule has 0 saturated heterocycles. The van der Waals surface area contributed by atoms with Gasteiger partial charge in [0.05, 0.1) is 0 Å². The SMILES string of the molecule is N[C@@H](CI)c1ccccc1. The number of rotatable bonds is 2. The molecule has 0 radical (unpaired) electrons.